The highest BCUT2D eigenvalue weighted by Crippen LogP contribution is 2.11. The Morgan fingerprint density at radius 1 is 1.21 bits per heavy atom. The highest BCUT2D eigenvalue weighted by molar-refractivity contribution is 6.23. The lowest BCUT2D eigenvalue weighted by Crippen LogP contribution is -2.21. The van der Waals surface area contributed by atoms with Crippen LogP contribution in [0, 0.1) is 6.92 Å². The van der Waals surface area contributed by atoms with Crippen molar-refractivity contribution in [1.82, 2.24) is 4.58 Å². The predicted octanol–water partition coefficient (Wildman–Crippen LogP) is 3.72. The predicted molar refractivity (Wildman–Crippen MR) is 74.4 cm³/mol. The number of carbonyl (C=O) groups excluding carboxylic acids is 1. The zero-order valence-corrected chi connectivity index (χ0v) is 11.1. The Labute approximate surface area is 120 Å². The fourth-order valence-electron chi connectivity index (χ4n) is 1.44. The van der Waals surface area contributed by atoms with Gasteiger partial charge in [0.2, 0.25) is 0 Å². The van der Waals surface area contributed by atoms with Crippen LogP contribution < -0.4 is 0 Å². The number of hydrogen-bond donors (Lipinski definition) is 0. The molecule has 0 N–H and O–H groups in total. The molecule has 0 fully saturated rings. The molecule has 4 heteroatoms. The molecule has 0 aliphatic heterocycles. The number of amides is 1. The van der Waals surface area contributed by atoms with Crippen molar-refractivity contribution >= 4 is 17.7 Å². The minimum atomic E-state index is -2.21. The standard InChI is InChI=1S/C15H14ClNO2/c1-12-7-9-13(10-8-12)11-19-17(16)15(18)14-5-3-2-4-6-14/h2-10H,11H2,1H3/i11D2. The largest absolute Gasteiger partial charge is 0.292 e. The van der Waals surface area contributed by atoms with Gasteiger partial charge in [0.1, 0.15) is 6.56 Å². The van der Waals surface area contributed by atoms with Crippen LogP contribution in [-0.4, -0.2) is 10.5 Å². The van der Waals surface area contributed by atoms with Gasteiger partial charge in [0.25, 0.3) is 5.91 Å². The molecular weight excluding hydrogens is 262 g/mol. The second-order valence-electron chi connectivity index (χ2n) is 3.98. The molecule has 3 nitrogen and oxygen atoms in total. The van der Waals surface area contributed by atoms with Crippen molar-refractivity contribution in [2.45, 2.75) is 13.5 Å². The van der Waals surface area contributed by atoms with E-state index >= 15 is 0 Å². The normalized spacial score (nSPS) is 12.5. The topological polar surface area (TPSA) is 29.5 Å². The number of nitrogens with zero attached hydrogens (tertiary/aromatic N) is 1. The van der Waals surface area contributed by atoms with Gasteiger partial charge in [0, 0.05) is 17.3 Å². The van der Waals surface area contributed by atoms with E-state index in [1.807, 2.05) is 6.92 Å². The van der Waals surface area contributed by atoms with Gasteiger partial charge in [-0.3, -0.25) is 9.63 Å². The summed E-state index contributed by atoms with van der Waals surface area (Å²) in [6.07, 6.45) is 0. The molecule has 1 amide bonds. The van der Waals surface area contributed by atoms with Crippen molar-refractivity contribution in [3.8, 4) is 0 Å². The molecule has 19 heavy (non-hydrogen) atoms. The first kappa shape index (κ1) is 11.0. The van der Waals surface area contributed by atoms with Crippen LogP contribution in [0.15, 0.2) is 54.6 Å². The minimum absolute atomic E-state index is 0.277. The van der Waals surface area contributed by atoms with Gasteiger partial charge in [-0.05, 0) is 24.6 Å². The Balaban J connectivity index is 2.12. The number of hydrogen-bond acceptors (Lipinski definition) is 2. The molecular formula is C15H14ClNO2. The summed E-state index contributed by atoms with van der Waals surface area (Å²) < 4.78 is 16.2. The Morgan fingerprint density at radius 3 is 2.47 bits per heavy atom. The quantitative estimate of drug-likeness (QED) is 0.630. The van der Waals surface area contributed by atoms with E-state index in [4.69, 9.17) is 19.4 Å². The summed E-state index contributed by atoms with van der Waals surface area (Å²) in [5.41, 5.74) is 1.59. The fourth-order valence-corrected chi connectivity index (χ4v) is 1.57. The first-order valence-electron chi connectivity index (χ1n) is 6.72. The first-order chi connectivity index (χ1) is 9.90. The molecule has 98 valence electrons. The molecule has 0 saturated carbocycles. The molecule has 0 aromatic heterocycles. The van der Waals surface area contributed by atoms with E-state index < -0.39 is 12.5 Å². The molecule has 0 aliphatic carbocycles. The number of rotatable bonds is 4. The molecule has 0 spiro atoms. The summed E-state index contributed by atoms with van der Waals surface area (Å²) in [4.78, 5) is 17.0. The van der Waals surface area contributed by atoms with Crippen LogP contribution in [0.2, 0.25) is 0 Å². The minimum Gasteiger partial charge on any atom is -0.265 e. The first-order valence-corrected chi connectivity index (χ1v) is 6.05. The molecule has 2 aromatic carbocycles. The third-order valence-corrected chi connectivity index (χ3v) is 2.70. The SMILES string of the molecule is [2H]C([2H])(ON(Cl)C(=O)c1ccccc1)c1ccc(C)cc1. The van der Waals surface area contributed by atoms with Crippen molar-refractivity contribution in [1.29, 1.82) is 0 Å². The molecule has 2 rings (SSSR count). The summed E-state index contributed by atoms with van der Waals surface area (Å²) in [5, 5.41) is 0. The average Bonchev–Trinajstić information content (AvgIpc) is 2.47. The Hall–Kier alpha value is -1.84. The van der Waals surface area contributed by atoms with E-state index in [2.05, 4.69) is 0 Å². The lowest BCUT2D eigenvalue weighted by molar-refractivity contribution is -0.0691. The Morgan fingerprint density at radius 2 is 1.84 bits per heavy atom. The maximum absolute atomic E-state index is 12.0. The number of carbonyl (C=O) groups is 1. The van der Waals surface area contributed by atoms with Gasteiger partial charge in [0.05, 0.1) is 2.74 Å². The van der Waals surface area contributed by atoms with Crippen molar-refractivity contribution in [2.24, 2.45) is 0 Å². The van der Waals surface area contributed by atoms with Crippen LogP contribution in [0.5, 0.6) is 0 Å². The Bertz CT molecular complexity index is 617. The fraction of sp³-hybridized carbons (Fsp3) is 0.133. The molecule has 0 atom stereocenters. The van der Waals surface area contributed by atoms with E-state index in [-0.39, 0.29) is 5.56 Å². The van der Waals surface area contributed by atoms with E-state index in [9.17, 15) is 4.79 Å². The van der Waals surface area contributed by atoms with Crippen molar-refractivity contribution in [3.63, 3.8) is 0 Å². The number of hydroxylamine groups is 1. The number of halogens is 1. The number of aryl methyl sites for hydroxylation is 1. The molecule has 0 heterocycles. The third-order valence-electron chi connectivity index (χ3n) is 2.48. The zero-order chi connectivity index (χ0) is 15.5. The van der Waals surface area contributed by atoms with Gasteiger partial charge in [-0.15, -0.1) is 4.58 Å². The van der Waals surface area contributed by atoms with Crippen molar-refractivity contribution < 1.29 is 12.4 Å². The second kappa shape index (κ2) is 6.36. The molecule has 0 saturated heterocycles. The molecule has 0 radical (unpaired) electrons. The monoisotopic (exact) mass is 277 g/mol. The van der Waals surface area contributed by atoms with Gasteiger partial charge < -0.3 is 0 Å². The molecule has 2 aromatic rings. The van der Waals surface area contributed by atoms with Crippen LogP contribution in [0.3, 0.4) is 0 Å². The average molecular weight is 278 g/mol. The zero-order valence-electron chi connectivity index (χ0n) is 12.3. The molecule has 0 unspecified atom stereocenters. The van der Waals surface area contributed by atoms with Crippen LogP contribution in [0.25, 0.3) is 0 Å². The summed E-state index contributed by atoms with van der Waals surface area (Å²) in [6, 6.07) is 15.0. The van der Waals surface area contributed by atoms with Gasteiger partial charge in [0.15, 0.2) is 0 Å². The number of benzene rings is 2. The van der Waals surface area contributed by atoms with Crippen LogP contribution >= 0.6 is 11.8 Å². The highest BCUT2D eigenvalue weighted by Gasteiger charge is 2.14. The summed E-state index contributed by atoms with van der Waals surface area (Å²) in [5.74, 6) is -0.631. The van der Waals surface area contributed by atoms with Crippen LogP contribution in [0.1, 0.15) is 24.2 Å². The van der Waals surface area contributed by atoms with Gasteiger partial charge in [-0.1, -0.05) is 48.0 Å². The maximum atomic E-state index is 12.0. The van der Waals surface area contributed by atoms with Crippen LogP contribution in [0.4, 0.5) is 0 Å². The van der Waals surface area contributed by atoms with Gasteiger partial charge in [-0.25, -0.2) is 0 Å². The highest BCUT2D eigenvalue weighted by atomic mass is 35.5. The summed E-state index contributed by atoms with van der Waals surface area (Å²) in [6.45, 7) is -0.313. The summed E-state index contributed by atoms with van der Waals surface area (Å²) in [7, 11) is 0. The molecule has 0 aliphatic rings. The van der Waals surface area contributed by atoms with E-state index in [0.29, 0.717) is 10.1 Å². The smallest absolute Gasteiger partial charge is 0.265 e. The van der Waals surface area contributed by atoms with E-state index in [1.54, 1.807) is 54.6 Å². The lowest BCUT2D eigenvalue weighted by atomic mass is 10.2. The lowest BCUT2D eigenvalue weighted by Gasteiger charge is -2.13. The summed E-state index contributed by atoms with van der Waals surface area (Å²) >= 11 is 5.75. The van der Waals surface area contributed by atoms with E-state index in [1.165, 1.54) is 0 Å². The molecule has 0 bridgehead atoms. The Kier molecular flexibility index (Phi) is 3.69. The third kappa shape index (κ3) is 3.81. The van der Waals surface area contributed by atoms with Gasteiger partial charge in [-0.2, -0.15) is 0 Å². The van der Waals surface area contributed by atoms with Gasteiger partial charge >= 0.3 is 0 Å². The van der Waals surface area contributed by atoms with Crippen molar-refractivity contribution in [2.75, 3.05) is 0 Å². The second-order valence-corrected chi connectivity index (χ2v) is 4.28. The maximum Gasteiger partial charge on any atom is 0.292 e. The van der Waals surface area contributed by atoms with E-state index in [0.717, 1.165) is 5.56 Å². The van der Waals surface area contributed by atoms with Crippen molar-refractivity contribution in [3.05, 3.63) is 71.3 Å². The van der Waals surface area contributed by atoms with Crippen LogP contribution in [-0.2, 0) is 11.4 Å².